The molecule has 0 saturated carbocycles. The second kappa shape index (κ2) is 3.35. The molecule has 2 aromatic rings. The van der Waals surface area contributed by atoms with Gasteiger partial charge in [0.05, 0.1) is 7.11 Å². The lowest BCUT2D eigenvalue weighted by Crippen LogP contribution is -2.04. The van der Waals surface area contributed by atoms with Gasteiger partial charge < -0.3 is 15.5 Å². The molecule has 1 aromatic carbocycles. The van der Waals surface area contributed by atoms with Crippen LogP contribution in [0, 0.1) is 0 Å². The summed E-state index contributed by atoms with van der Waals surface area (Å²) in [5.41, 5.74) is 7.93. The summed E-state index contributed by atoms with van der Waals surface area (Å²) in [6.45, 7) is 1.96. The second-order valence-electron chi connectivity index (χ2n) is 3.47. The molecular formula is C11H14N2O. The topological polar surface area (TPSA) is 51.0 Å². The van der Waals surface area contributed by atoms with Crippen LogP contribution in [0.3, 0.4) is 0 Å². The molecule has 0 aliphatic rings. The first kappa shape index (κ1) is 9.09. The Morgan fingerprint density at radius 2 is 2.14 bits per heavy atom. The van der Waals surface area contributed by atoms with Gasteiger partial charge in [-0.25, -0.2) is 0 Å². The molecule has 1 unspecified atom stereocenters. The molecule has 0 radical (unpaired) electrons. The van der Waals surface area contributed by atoms with Gasteiger partial charge in [-0.2, -0.15) is 0 Å². The number of H-pyrrole nitrogens is 1. The zero-order valence-corrected chi connectivity index (χ0v) is 8.37. The number of aromatic amines is 1. The Morgan fingerprint density at radius 3 is 2.79 bits per heavy atom. The summed E-state index contributed by atoms with van der Waals surface area (Å²) < 4.78 is 5.15. The van der Waals surface area contributed by atoms with E-state index < -0.39 is 0 Å². The predicted molar refractivity (Wildman–Crippen MR) is 57.5 cm³/mol. The average Bonchev–Trinajstić information content (AvgIpc) is 2.59. The van der Waals surface area contributed by atoms with Crippen LogP contribution in [0.25, 0.3) is 10.9 Å². The first-order valence-electron chi connectivity index (χ1n) is 4.63. The highest BCUT2D eigenvalue weighted by atomic mass is 16.5. The van der Waals surface area contributed by atoms with E-state index in [0.29, 0.717) is 0 Å². The third kappa shape index (κ3) is 1.46. The number of rotatable bonds is 2. The molecule has 0 amide bonds. The molecule has 3 N–H and O–H groups in total. The molecule has 1 aromatic heterocycles. The molecule has 0 aliphatic carbocycles. The van der Waals surface area contributed by atoms with Crippen molar-refractivity contribution in [2.45, 2.75) is 13.0 Å². The summed E-state index contributed by atoms with van der Waals surface area (Å²) in [6.07, 6.45) is 0. The number of aromatic nitrogens is 1. The van der Waals surface area contributed by atoms with Crippen molar-refractivity contribution in [2.24, 2.45) is 5.73 Å². The van der Waals surface area contributed by atoms with E-state index in [9.17, 15) is 0 Å². The number of nitrogens with one attached hydrogen (secondary N) is 1. The predicted octanol–water partition coefficient (Wildman–Crippen LogP) is 2.20. The molecule has 14 heavy (non-hydrogen) atoms. The van der Waals surface area contributed by atoms with Gasteiger partial charge in [-0.3, -0.25) is 0 Å². The zero-order chi connectivity index (χ0) is 10.1. The van der Waals surface area contributed by atoms with E-state index in [1.165, 1.54) is 0 Å². The normalized spacial score (nSPS) is 13.1. The summed E-state index contributed by atoms with van der Waals surface area (Å²) in [5, 5.41) is 1.14. The van der Waals surface area contributed by atoms with Gasteiger partial charge in [0.15, 0.2) is 0 Å². The molecule has 1 heterocycles. The number of hydrogen-bond acceptors (Lipinski definition) is 2. The first-order chi connectivity index (χ1) is 6.70. The average molecular weight is 190 g/mol. The fraction of sp³-hybridized carbons (Fsp3) is 0.273. The van der Waals surface area contributed by atoms with Crippen LogP contribution in [0.2, 0.25) is 0 Å². The van der Waals surface area contributed by atoms with Crippen LogP contribution in [0.4, 0.5) is 0 Å². The summed E-state index contributed by atoms with van der Waals surface area (Å²) in [6, 6.07) is 8.03. The van der Waals surface area contributed by atoms with Gasteiger partial charge in [-0.05, 0) is 31.2 Å². The third-order valence-corrected chi connectivity index (χ3v) is 2.34. The number of fused-ring (bicyclic) bond motifs is 1. The third-order valence-electron chi connectivity index (χ3n) is 2.34. The van der Waals surface area contributed by atoms with E-state index in [1.807, 2.05) is 25.1 Å². The summed E-state index contributed by atoms with van der Waals surface area (Å²) >= 11 is 0. The van der Waals surface area contributed by atoms with Gasteiger partial charge in [0.1, 0.15) is 5.75 Å². The quantitative estimate of drug-likeness (QED) is 0.762. The molecule has 3 nitrogen and oxygen atoms in total. The van der Waals surface area contributed by atoms with Gasteiger partial charge in [-0.1, -0.05) is 0 Å². The minimum Gasteiger partial charge on any atom is -0.497 e. The minimum atomic E-state index is 0.0356. The van der Waals surface area contributed by atoms with Gasteiger partial charge in [0, 0.05) is 22.6 Å². The van der Waals surface area contributed by atoms with Gasteiger partial charge >= 0.3 is 0 Å². The first-order valence-corrected chi connectivity index (χ1v) is 4.63. The van der Waals surface area contributed by atoms with Crippen LogP contribution in [0.1, 0.15) is 18.7 Å². The van der Waals surface area contributed by atoms with E-state index in [0.717, 1.165) is 22.3 Å². The Morgan fingerprint density at radius 1 is 1.36 bits per heavy atom. The van der Waals surface area contributed by atoms with Crippen molar-refractivity contribution < 1.29 is 4.74 Å². The van der Waals surface area contributed by atoms with E-state index in [4.69, 9.17) is 10.5 Å². The Hall–Kier alpha value is -1.48. The lowest BCUT2D eigenvalue weighted by Gasteiger charge is -1.98. The monoisotopic (exact) mass is 190 g/mol. The molecule has 2 rings (SSSR count). The van der Waals surface area contributed by atoms with Crippen molar-refractivity contribution >= 4 is 10.9 Å². The number of hydrogen-bond donors (Lipinski definition) is 2. The smallest absolute Gasteiger partial charge is 0.119 e. The van der Waals surface area contributed by atoms with Crippen LogP contribution in [0.15, 0.2) is 24.3 Å². The fourth-order valence-electron chi connectivity index (χ4n) is 1.51. The summed E-state index contributed by atoms with van der Waals surface area (Å²) in [4.78, 5) is 3.27. The van der Waals surface area contributed by atoms with E-state index in [-0.39, 0.29) is 6.04 Å². The molecule has 0 spiro atoms. The molecule has 0 fully saturated rings. The molecular weight excluding hydrogens is 176 g/mol. The van der Waals surface area contributed by atoms with Crippen LogP contribution >= 0.6 is 0 Å². The van der Waals surface area contributed by atoms with Crippen molar-refractivity contribution in [3.8, 4) is 5.75 Å². The maximum atomic E-state index is 5.79. The Labute approximate surface area is 82.9 Å². The van der Waals surface area contributed by atoms with Gasteiger partial charge in [0.2, 0.25) is 0 Å². The number of ether oxygens (including phenoxy) is 1. The maximum Gasteiger partial charge on any atom is 0.119 e. The van der Waals surface area contributed by atoms with Gasteiger partial charge in [-0.15, -0.1) is 0 Å². The van der Waals surface area contributed by atoms with Crippen molar-refractivity contribution in [3.63, 3.8) is 0 Å². The van der Waals surface area contributed by atoms with Crippen LogP contribution in [-0.2, 0) is 0 Å². The van der Waals surface area contributed by atoms with Crippen molar-refractivity contribution in [1.29, 1.82) is 0 Å². The van der Waals surface area contributed by atoms with E-state index >= 15 is 0 Å². The van der Waals surface area contributed by atoms with Crippen LogP contribution < -0.4 is 10.5 Å². The Balaban J connectivity index is 2.54. The molecule has 0 saturated heterocycles. The number of nitrogens with two attached hydrogens (primary N) is 1. The minimum absolute atomic E-state index is 0.0356. The SMILES string of the molecule is COc1ccc2[nH]c(C(C)N)cc2c1. The largest absolute Gasteiger partial charge is 0.497 e. The highest BCUT2D eigenvalue weighted by molar-refractivity contribution is 5.82. The van der Waals surface area contributed by atoms with Gasteiger partial charge in [0.25, 0.3) is 0 Å². The molecule has 0 aliphatic heterocycles. The maximum absolute atomic E-state index is 5.79. The summed E-state index contributed by atoms with van der Waals surface area (Å²) in [5.74, 6) is 0.868. The lowest BCUT2D eigenvalue weighted by atomic mass is 10.2. The number of methoxy groups -OCH3 is 1. The Bertz CT molecular complexity index is 445. The molecule has 1 atom stereocenters. The van der Waals surface area contributed by atoms with Crippen molar-refractivity contribution in [3.05, 3.63) is 30.0 Å². The van der Waals surface area contributed by atoms with E-state index in [2.05, 4.69) is 11.1 Å². The Kier molecular flexibility index (Phi) is 2.17. The van der Waals surface area contributed by atoms with E-state index in [1.54, 1.807) is 7.11 Å². The highest BCUT2D eigenvalue weighted by Gasteiger charge is 2.04. The molecule has 0 bridgehead atoms. The molecule has 74 valence electrons. The number of benzene rings is 1. The van der Waals surface area contributed by atoms with Crippen molar-refractivity contribution in [1.82, 2.24) is 4.98 Å². The lowest BCUT2D eigenvalue weighted by molar-refractivity contribution is 0.415. The van der Waals surface area contributed by atoms with Crippen molar-refractivity contribution in [2.75, 3.05) is 7.11 Å². The van der Waals surface area contributed by atoms with Crippen LogP contribution in [-0.4, -0.2) is 12.1 Å². The van der Waals surface area contributed by atoms with Crippen LogP contribution in [0.5, 0.6) is 5.75 Å². The standard InChI is InChI=1S/C11H14N2O/c1-7(12)11-6-8-5-9(14-2)3-4-10(8)13-11/h3-7,13H,12H2,1-2H3. The summed E-state index contributed by atoms with van der Waals surface area (Å²) in [7, 11) is 1.67. The fourth-order valence-corrected chi connectivity index (χ4v) is 1.51. The zero-order valence-electron chi connectivity index (χ0n) is 8.37. The molecule has 3 heteroatoms. The highest BCUT2D eigenvalue weighted by Crippen LogP contribution is 2.23. The second-order valence-corrected chi connectivity index (χ2v) is 3.47.